The van der Waals surface area contributed by atoms with E-state index in [-0.39, 0.29) is 0 Å². The molecule has 2 aromatic heterocycles. The molecule has 0 amide bonds. The molecule has 1 saturated heterocycles. The Hall–Kier alpha value is -3.84. The number of hydrogen-bond acceptors (Lipinski definition) is 6. The van der Waals surface area contributed by atoms with E-state index in [1.54, 1.807) is 7.11 Å². The van der Waals surface area contributed by atoms with Crippen molar-refractivity contribution in [3.63, 3.8) is 0 Å². The van der Waals surface area contributed by atoms with Crippen LogP contribution in [-0.2, 0) is 0 Å². The van der Waals surface area contributed by atoms with Gasteiger partial charge in [0.2, 0.25) is 5.88 Å². The van der Waals surface area contributed by atoms with Gasteiger partial charge in [-0.3, -0.25) is 0 Å². The molecule has 0 bridgehead atoms. The molecule has 1 aliphatic rings. The van der Waals surface area contributed by atoms with E-state index in [4.69, 9.17) is 14.2 Å². The first-order valence-electron chi connectivity index (χ1n) is 12.1. The molecular weight excluding hydrogens is 440 g/mol. The number of benzene rings is 3. The number of nitrogens with zero attached hydrogens (tertiary/aromatic N) is 3. The van der Waals surface area contributed by atoms with Crippen LogP contribution in [0.1, 0.15) is 19.3 Å². The lowest BCUT2D eigenvalue weighted by atomic mass is 10.1. The fourth-order valence-electron chi connectivity index (χ4n) is 4.88. The Kier molecular flexibility index (Phi) is 5.84. The van der Waals surface area contributed by atoms with Gasteiger partial charge in [-0.25, -0.2) is 9.97 Å². The van der Waals surface area contributed by atoms with Gasteiger partial charge in [-0.2, -0.15) is 0 Å². The van der Waals surface area contributed by atoms with Crippen LogP contribution < -0.4 is 14.2 Å². The Balaban J connectivity index is 1.24. The minimum Gasteiger partial charge on any atom is -0.493 e. The van der Waals surface area contributed by atoms with E-state index >= 15 is 0 Å². The Labute approximate surface area is 203 Å². The zero-order valence-corrected chi connectivity index (χ0v) is 19.8. The molecule has 7 nitrogen and oxygen atoms in total. The van der Waals surface area contributed by atoms with Crippen molar-refractivity contribution in [1.82, 2.24) is 19.9 Å². The van der Waals surface area contributed by atoms with Crippen molar-refractivity contribution in [2.24, 2.45) is 0 Å². The summed E-state index contributed by atoms with van der Waals surface area (Å²) in [5, 5.41) is 3.12. The highest BCUT2D eigenvalue weighted by Crippen LogP contribution is 2.37. The van der Waals surface area contributed by atoms with Gasteiger partial charge in [0, 0.05) is 35.0 Å². The fraction of sp³-hybridized carbons (Fsp3) is 0.286. The maximum absolute atomic E-state index is 6.22. The van der Waals surface area contributed by atoms with Gasteiger partial charge in [0.15, 0.2) is 11.5 Å². The Morgan fingerprint density at radius 3 is 2.63 bits per heavy atom. The van der Waals surface area contributed by atoms with Gasteiger partial charge in [-0.05, 0) is 56.6 Å². The maximum atomic E-state index is 6.22. The smallest absolute Gasteiger partial charge is 0.230 e. The normalized spacial score (nSPS) is 14.2. The molecule has 3 heterocycles. The lowest BCUT2D eigenvalue weighted by molar-refractivity contribution is 0.254. The second-order valence-electron chi connectivity index (χ2n) is 8.93. The van der Waals surface area contributed by atoms with E-state index in [0.29, 0.717) is 29.7 Å². The summed E-state index contributed by atoms with van der Waals surface area (Å²) >= 11 is 0. The van der Waals surface area contributed by atoms with Gasteiger partial charge in [-0.1, -0.05) is 18.2 Å². The van der Waals surface area contributed by atoms with E-state index in [1.165, 1.54) is 37.6 Å². The molecule has 0 saturated carbocycles. The number of aromatic nitrogens is 3. The summed E-state index contributed by atoms with van der Waals surface area (Å²) < 4.78 is 17.9. The van der Waals surface area contributed by atoms with Crippen LogP contribution in [0, 0.1) is 0 Å². The first-order chi connectivity index (χ1) is 17.3. The van der Waals surface area contributed by atoms with E-state index < -0.39 is 0 Å². The van der Waals surface area contributed by atoms with Crippen molar-refractivity contribution < 1.29 is 14.2 Å². The number of methoxy groups -OCH3 is 1. The monoisotopic (exact) mass is 468 g/mol. The number of rotatable bonds is 8. The number of ether oxygens (including phenoxy) is 3. The first-order valence-corrected chi connectivity index (χ1v) is 12.1. The molecule has 178 valence electrons. The minimum absolute atomic E-state index is 0.476. The number of fused-ring (bicyclic) bond motifs is 4. The lowest BCUT2D eigenvalue weighted by Crippen LogP contribution is -2.21. The third-order valence-electron chi connectivity index (χ3n) is 6.65. The number of para-hydroxylation sites is 1. The van der Waals surface area contributed by atoms with Crippen LogP contribution in [0.15, 0.2) is 60.9 Å². The maximum Gasteiger partial charge on any atom is 0.230 e. The van der Waals surface area contributed by atoms with Crippen LogP contribution in [0.2, 0.25) is 0 Å². The average Bonchev–Trinajstić information content (AvgIpc) is 3.54. The molecule has 7 heteroatoms. The van der Waals surface area contributed by atoms with Crippen molar-refractivity contribution in [3.8, 4) is 23.1 Å². The van der Waals surface area contributed by atoms with Gasteiger partial charge >= 0.3 is 0 Å². The largest absolute Gasteiger partial charge is 0.493 e. The van der Waals surface area contributed by atoms with Crippen molar-refractivity contribution in [1.29, 1.82) is 0 Å². The van der Waals surface area contributed by atoms with Gasteiger partial charge in [-0.15, -0.1) is 0 Å². The topological polar surface area (TPSA) is 72.5 Å². The van der Waals surface area contributed by atoms with Crippen LogP contribution in [0.5, 0.6) is 23.1 Å². The summed E-state index contributed by atoms with van der Waals surface area (Å²) in [6.45, 7) is 4.10. The van der Waals surface area contributed by atoms with Gasteiger partial charge < -0.3 is 24.1 Å². The molecule has 0 radical (unpaired) electrons. The number of H-pyrrole nitrogens is 1. The Bertz CT molecular complexity index is 1490. The van der Waals surface area contributed by atoms with Crippen molar-refractivity contribution >= 4 is 32.7 Å². The predicted molar refractivity (Wildman–Crippen MR) is 138 cm³/mol. The summed E-state index contributed by atoms with van der Waals surface area (Å²) in [6.07, 6.45) is 5.11. The molecule has 0 spiro atoms. The summed E-state index contributed by atoms with van der Waals surface area (Å²) in [4.78, 5) is 14.8. The van der Waals surface area contributed by atoms with E-state index in [9.17, 15) is 0 Å². The minimum atomic E-state index is 0.476. The first kappa shape index (κ1) is 21.7. The summed E-state index contributed by atoms with van der Waals surface area (Å²) in [5.41, 5.74) is 2.87. The molecule has 35 heavy (non-hydrogen) atoms. The molecule has 1 N–H and O–H groups in total. The highest BCUT2D eigenvalue weighted by Gasteiger charge is 2.15. The molecular formula is C28H28N4O3. The molecule has 3 aromatic carbocycles. The van der Waals surface area contributed by atoms with Crippen LogP contribution in [0.25, 0.3) is 32.7 Å². The summed E-state index contributed by atoms with van der Waals surface area (Å²) in [5.74, 6) is 2.50. The summed E-state index contributed by atoms with van der Waals surface area (Å²) in [6, 6.07) is 18.1. The summed E-state index contributed by atoms with van der Waals surface area (Å²) in [7, 11) is 1.65. The zero-order valence-electron chi connectivity index (χ0n) is 19.8. The number of hydrogen-bond donors (Lipinski definition) is 1. The molecule has 0 atom stereocenters. The van der Waals surface area contributed by atoms with Crippen LogP contribution in [0.3, 0.4) is 0 Å². The number of aromatic amines is 1. The second kappa shape index (κ2) is 9.43. The van der Waals surface area contributed by atoms with Gasteiger partial charge in [0.25, 0.3) is 0 Å². The van der Waals surface area contributed by atoms with E-state index in [2.05, 4.69) is 38.1 Å². The van der Waals surface area contributed by atoms with Gasteiger partial charge in [0.05, 0.1) is 30.1 Å². The quantitative estimate of drug-likeness (QED) is 0.285. The van der Waals surface area contributed by atoms with Crippen molar-refractivity contribution in [2.45, 2.75) is 19.3 Å². The molecule has 1 aliphatic heterocycles. The molecule has 0 aliphatic carbocycles. The average molecular weight is 469 g/mol. The Morgan fingerprint density at radius 2 is 1.74 bits per heavy atom. The highest BCUT2D eigenvalue weighted by molar-refractivity contribution is 6.07. The molecule has 5 aromatic rings. The van der Waals surface area contributed by atoms with Crippen LogP contribution in [-0.4, -0.2) is 53.2 Å². The van der Waals surface area contributed by atoms with Crippen molar-refractivity contribution in [3.05, 3.63) is 60.9 Å². The predicted octanol–water partition coefficient (Wildman–Crippen LogP) is 5.93. The zero-order chi connectivity index (χ0) is 23.6. The van der Waals surface area contributed by atoms with Crippen LogP contribution in [0.4, 0.5) is 0 Å². The second-order valence-corrected chi connectivity index (χ2v) is 8.93. The third kappa shape index (κ3) is 4.35. The SMILES string of the molecule is COc1cc2c(Oc3ccc4c(c3)[nH]c3ccccc34)ncnc2cc1OCCCN1CCCC1. The Morgan fingerprint density at radius 1 is 0.886 bits per heavy atom. The molecule has 1 fully saturated rings. The van der Waals surface area contributed by atoms with E-state index in [0.717, 1.165) is 40.3 Å². The van der Waals surface area contributed by atoms with Crippen LogP contribution >= 0.6 is 0 Å². The van der Waals surface area contributed by atoms with Crippen molar-refractivity contribution in [2.75, 3.05) is 33.4 Å². The molecule has 6 rings (SSSR count). The number of likely N-dealkylation sites (tertiary alicyclic amines) is 1. The van der Waals surface area contributed by atoms with Gasteiger partial charge in [0.1, 0.15) is 12.1 Å². The number of nitrogens with one attached hydrogen (secondary N) is 1. The lowest BCUT2D eigenvalue weighted by Gasteiger charge is -2.16. The highest BCUT2D eigenvalue weighted by atomic mass is 16.5. The van der Waals surface area contributed by atoms with E-state index in [1.807, 2.05) is 36.4 Å². The molecule has 0 unspecified atom stereocenters. The standard InChI is InChI=1S/C28H28N4O3/c1-33-26-16-22-24(17-27(26)34-14-6-13-32-11-4-5-12-32)29-18-30-28(22)35-19-9-10-21-20-7-2-3-8-23(20)31-25(21)15-19/h2-3,7-10,15-18,31H,4-6,11-14H2,1H3. The third-order valence-corrected chi connectivity index (χ3v) is 6.65. The fourth-order valence-corrected chi connectivity index (χ4v) is 4.88.